The SMILES string of the molecule is C\C=c1/c2ccc3cc(C(C)(C)C)cc(c13)C=CC\C(c1cccnc1)=C/C=2c1cccnc1. The van der Waals surface area contributed by atoms with Crippen molar-refractivity contribution in [2.45, 2.75) is 39.5 Å². The van der Waals surface area contributed by atoms with E-state index in [4.69, 9.17) is 0 Å². The lowest BCUT2D eigenvalue weighted by Gasteiger charge is -2.21. The summed E-state index contributed by atoms with van der Waals surface area (Å²) < 4.78 is 0. The Bertz CT molecular complexity index is 1530. The summed E-state index contributed by atoms with van der Waals surface area (Å²) in [4.78, 5) is 8.83. The number of pyridine rings is 2. The zero-order valence-corrected chi connectivity index (χ0v) is 20.3. The minimum absolute atomic E-state index is 0.0797. The van der Waals surface area contributed by atoms with Gasteiger partial charge in [-0.05, 0) is 86.0 Å². The zero-order valence-electron chi connectivity index (χ0n) is 20.3. The summed E-state index contributed by atoms with van der Waals surface area (Å²) >= 11 is 0. The zero-order chi connectivity index (χ0) is 23.7. The van der Waals surface area contributed by atoms with E-state index >= 15 is 0 Å². The summed E-state index contributed by atoms with van der Waals surface area (Å²) in [5.74, 6) is 0. The molecule has 2 bridgehead atoms. The fraction of sp³-hybridized carbons (Fsp3) is 0.188. The number of benzene rings is 2. The standard InChI is InChI=1S/C32H30N2/c1-5-28-29-14-13-24-18-27(32(2,3)4)17-23(31(24)28)10-6-9-22(25-11-7-15-33-20-25)19-30(29)26-12-8-16-34-21-26/h5-8,10-21H,9H2,1-4H3/b10-6?,22-19+,28-5+,30-29+. The third kappa shape index (κ3) is 4.12. The van der Waals surface area contributed by atoms with Crippen LogP contribution in [0.2, 0.25) is 0 Å². The summed E-state index contributed by atoms with van der Waals surface area (Å²) in [6.07, 6.45) is 17.6. The Kier molecular flexibility index (Phi) is 5.75. The Labute approximate surface area is 201 Å². The first-order chi connectivity index (χ1) is 16.5. The van der Waals surface area contributed by atoms with E-state index in [9.17, 15) is 0 Å². The minimum atomic E-state index is 0.0797. The van der Waals surface area contributed by atoms with E-state index in [1.54, 1.807) is 0 Å². The van der Waals surface area contributed by atoms with E-state index in [0.29, 0.717) is 0 Å². The van der Waals surface area contributed by atoms with Gasteiger partial charge in [0.2, 0.25) is 0 Å². The molecule has 5 rings (SSSR count). The van der Waals surface area contributed by atoms with Gasteiger partial charge in [-0.25, -0.2) is 0 Å². The number of hydrogen-bond donors (Lipinski definition) is 0. The summed E-state index contributed by atoms with van der Waals surface area (Å²) in [6.45, 7) is 8.98. The number of hydrogen-bond acceptors (Lipinski definition) is 2. The van der Waals surface area contributed by atoms with E-state index in [2.05, 4.69) is 98.4 Å². The maximum Gasteiger partial charge on any atom is 0.0346 e. The molecule has 2 nitrogen and oxygen atoms in total. The van der Waals surface area contributed by atoms with Crippen molar-refractivity contribution >= 4 is 34.1 Å². The highest BCUT2D eigenvalue weighted by atomic mass is 14.6. The van der Waals surface area contributed by atoms with Gasteiger partial charge in [0.1, 0.15) is 0 Å². The molecule has 2 aromatic carbocycles. The molecule has 34 heavy (non-hydrogen) atoms. The van der Waals surface area contributed by atoms with Crippen molar-refractivity contribution in [3.05, 3.63) is 118 Å². The van der Waals surface area contributed by atoms with Crippen molar-refractivity contribution in [1.82, 2.24) is 9.97 Å². The fourth-order valence-electron chi connectivity index (χ4n) is 4.77. The second-order valence-corrected chi connectivity index (χ2v) is 9.90. The van der Waals surface area contributed by atoms with Crippen molar-refractivity contribution in [2.75, 3.05) is 0 Å². The Balaban J connectivity index is 1.95. The van der Waals surface area contributed by atoms with Gasteiger partial charge in [-0.3, -0.25) is 9.97 Å². The molecule has 0 aliphatic heterocycles. The Morgan fingerprint density at radius 3 is 2.26 bits per heavy atom. The lowest BCUT2D eigenvalue weighted by molar-refractivity contribution is 0.591. The van der Waals surface area contributed by atoms with Crippen LogP contribution in [-0.2, 0) is 5.41 Å². The van der Waals surface area contributed by atoms with Crippen molar-refractivity contribution in [3.63, 3.8) is 0 Å². The molecule has 168 valence electrons. The van der Waals surface area contributed by atoms with Crippen molar-refractivity contribution in [1.29, 1.82) is 0 Å². The quantitative estimate of drug-likeness (QED) is 0.358. The van der Waals surface area contributed by atoms with Gasteiger partial charge in [0.15, 0.2) is 0 Å². The summed E-state index contributed by atoms with van der Waals surface area (Å²) in [7, 11) is 0. The molecule has 0 N–H and O–H groups in total. The first-order valence-corrected chi connectivity index (χ1v) is 11.9. The maximum absolute atomic E-state index is 4.44. The third-order valence-corrected chi connectivity index (χ3v) is 6.59. The average molecular weight is 443 g/mol. The number of allylic oxidation sites excluding steroid dienone is 3. The van der Waals surface area contributed by atoms with Crippen LogP contribution in [0.4, 0.5) is 0 Å². The molecular weight excluding hydrogens is 412 g/mol. The predicted octanol–water partition coefficient (Wildman–Crippen LogP) is 6.43. The van der Waals surface area contributed by atoms with Crippen molar-refractivity contribution in [2.24, 2.45) is 0 Å². The average Bonchev–Trinajstić information content (AvgIpc) is 2.85. The van der Waals surface area contributed by atoms with Gasteiger partial charge in [0.05, 0.1) is 0 Å². The molecule has 0 amide bonds. The second-order valence-electron chi connectivity index (χ2n) is 9.90. The molecule has 0 fully saturated rings. The normalized spacial score (nSPS) is 17.6. The highest BCUT2D eigenvalue weighted by Gasteiger charge is 2.17. The van der Waals surface area contributed by atoms with E-state index in [1.807, 2.05) is 36.9 Å². The molecule has 0 saturated carbocycles. The number of nitrogens with zero attached hydrogens (tertiary/aromatic N) is 2. The molecule has 2 aromatic heterocycles. The monoisotopic (exact) mass is 442 g/mol. The van der Waals surface area contributed by atoms with Crippen LogP contribution in [-0.4, -0.2) is 9.97 Å². The largest absolute Gasteiger partial charge is 0.264 e. The summed E-state index contributed by atoms with van der Waals surface area (Å²) in [6, 6.07) is 17.6. The van der Waals surface area contributed by atoms with Crippen LogP contribution >= 0.6 is 0 Å². The molecule has 4 aromatic rings. The van der Waals surface area contributed by atoms with Gasteiger partial charge in [0.25, 0.3) is 0 Å². The van der Waals surface area contributed by atoms with Gasteiger partial charge < -0.3 is 0 Å². The lowest BCUT2D eigenvalue weighted by atomic mass is 9.83. The van der Waals surface area contributed by atoms with Crippen LogP contribution in [0.5, 0.6) is 0 Å². The van der Waals surface area contributed by atoms with Crippen molar-refractivity contribution in [3.8, 4) is 0 Å². The Morgan fingerprint density at radius 2 is 1.62 bits per heavy atom. The molecule has 2 heteroatoms. The maximum atomic E-state index is 4.44. The van der Waals surface area contributed by atoms with Gasteiger partial charge in [-0.15, -0.1) is 0 Å². The van der Waals surface area contributed by atoms with Crippen LogP contribution in [0.3, 0.4) is 0 Å². The number of rotatable bonds is 2. The molecule has 0 saturated heterocycles. The molecule has 0 spiro atoms. The van der Waals surface area contributed by atoms with E-state index in [0.717, 1.165) is 17.5 Å². The predicted molar refractivity (Wildman–Crippen MR) is 145 cm³/mol. The Hall–Kier alpha value is -3.78. The molecule has 1 aliphatic carbocycles. The molecule has 0 unspecified atom stereocenters. The van der Waals surface area contributed by atoms with Crippen molar-refractivity contribution < 1.29 is 0 Å². The van der Waals surface area contributed by atoms with Crippen LogP contribution in [0, 0.1) is 0 Å². The van der Waals surface area contributed by atoms with Gasteiger partial charge in [0, 0.05) is 30.4 Å². The van der Waals surface area contributed by atoms with Crippen LogP contribution in [0.15, 0.2) is 85.5 Å². The van der Waals surface area contributed by atoms with Crippen LogP contribution in [0.25, 0.3) is 34.1 Å². The second kappa shape index (κ2) is 8.87. The molecule has 0 radical (unpaired) electrons. The number of aromatic nitrogens is 2. The smallest absolute Gasteiger partial charge is 0.0346 e. The Morgan fingerprint density at radius 1 is 0.882 bits per heavy atom. The summed E-state index contributed by atoms with van der Waals surface area (Å²) in [5.41, 5.74) is 7.38. The lowest BCUT2D eigenvalue weighted by Crippen LogP contribution is -2.28. The highest BCUT2D eigenvalue weighted by molar-refractivity contribution is 5.95. The van der Waals surface area contributed by atoms with Crippen LogP contribution < -0.4 is 10.4 Å². The first-order valence-electron chi connectivity index (χ1n) is 11.9. The molecule has 0 atom stereocenters. The van der Waals surface area contributed by atoms with E-state index < -0.39 is 0 Å². The highest BCUT2D eigenvalue weighted by Crippen LogP contribution is 2.30. The fourth-order valence-corrected chi connectivity index (χ4v) is 4.77. The van der Waals surface area contributed by atoms with Gasteiger partial charge >= 0.3 is 0 Å². The van der Waals surface area contributed by atoms with Gasteiger partial charge in [-0.2, -0.15) is 0 Å². The topological polar surface area (TPSA) is 25.8 Å². The number of fused-ring (bicyclic) bond motifs is 1. The molecule has 1 aliphatic rings. The first kappa shape index (κ1) is 22.0. The van der Waals surface area contributed by atoms with Crippen LogP contribution in [0.1, 0.15) is 56.4 Å². The summed E-state index contributed by atoms with van der Waals surface area (Å²) in [5, 5.41) is 5.08. The van der Waals surface area contributed by atoms with Gasteiger partial charge in [-0.1, -0.05) is 75.4 Å². The minimum Gasteiger partial charge on any atom is -0.264 e. The molecular formula is C32H30N2. The third-order valence-electron chi connectivity index (χ3n) is 6.59. The molecule has 2 heterocycles. The van der Waals surface area contributed by atoms with E-state index in [1.165, 1.54) is 43.5 Å². The van der Waals surface area contributed by atoms with E-state index in [-0.39, 0.29) is 5.41 Å².